The van der Waals surface area contributed by atoms with Gasteiger partial charge in [0.15, 0.2) is 0 Å². The largest absolute Gasteiger partial charge is 0.478 e. The molecule has 2 aliphatic rings. The molecule has 2 heterocycles. The van der Waals surface area contributed by atoms with Crippen molar-refractivity contribution in [1.82, 2.24) is 19.9 Å². The number of nitrogens with one attached hydrogen (secondary N) is 1. The summed E-state index contributed by atoms with van der Waals surface area (Å²) < 4.78 is 0. The van der Waals surface area contributed by atoms with Crippen LogP contribution in [0.4, 0.5) is 5.82 Å². The van der Waals surface area contributed by atoms with Gasteiger partial charge in [0, 0.05) is 42.6 Å². The van der Waals surface area contributed by atoms with Crippen molar-refractivity contribution >= 4 is 29.7 Å². The summed E-state index contributed by atoms with van der Waals surface area (Å²) in [5, 5.41) is 19.2. The zero-order chi connectivity index (χ0) is 38.1. The van der Waals surface area contributed by atoms with Gasteiger partial charge in [0.05, 0.1) is 35.7 Å². The van der Waals surface area contributed by atoms with Crippen LogP contribution >= 0.6 is 0 Å². The Kier molecular flexibility index (Phi) is 20.7. The van der Waals surface area contributed by atoms with Gasteiger partial charge in [0.1, 0.15) is 12.1 Å². The van der Waals surface area contributed by atoms with E-state index in [1.54, 1.807) is 43.0 Å². The van der Waals surface area contributed by atoms with Crippen LogP contribution in [-0.4, -0.2) is 61.6 Å². The molecule has 0 aliphatic heterocycles. The van der Waals surface area contributed by atoms with E-state index in [0.717, 1.165) is 85.5 Å². The summed E-state index contributed by atoms with van der Waals surface area (Å²) >= 11 is 0. The summed E-state index contributed by atoms with van der Waals surface area (Å²) in [6.07, 6.45) is 28.7. The first-order valence-electron chi connectivity index (χ1n) is 18.1. The molecule has 2 aromatic heterocycles. The van der Waals surface area contributed by atoms with Crippen molar-refractivity contribution in [3.05, 3.63) is 115 Å². The molecular formula is C42H56N6O4. The Hall–Kier alpha value is -5.06. The monoisotopic (exact) mass is 708 g/mol. The fraction of sp³-hybridized carbons (Fsp3) is 0.381. The first-order valence-corrected chi connectivity index (χ1v) is 18.1. The third-order valence-electron chi connectivity index (χ3n) is 8.51. The van der Waals surface area contributed by atoms with Gasteiger partial charge in [-0.1, -0.05) is 76.6 Å². The number of carbonyl (C=O) groups is 2. The van der Waals surface area contributed by atoms with Crippen LogP contribution < -0.4 is 11.1 Å². The van der Waals surface area contributed by atoms with E-state index < -0.39 is 5.97 Å². The lowest BCUT2D eigenvalue weighted by atomic mass is 9.84. The van der Waals surface area contributed by atoms with E-state index in [4.69, 9.17) is 25.9 Å². The number of aldehydes is 1. The second-order valence-electron chi connectivity index (χ2n) is 12.3. The molecule has 2 saturated carbocycles. The summed E-state index contributed by atoms with van der Waals surface area (Å²) in [7, 11) is 1.00. The second kappa shape index (κ2) is 25.0. The van der Waals surface area contributed by atoms with Gasteiger partial charge in [0.25, 0.3) is 0 Å². The highest BCUT2D eigenvalue weighted by Crippen LogP contribution is 2.27. The molecule has 0 unspecified atom stereocenters. The van der Waals surface area contributed by atoms with Gasteiger partial charge in [-0.25, -0.2) is 14.8 Å². The van der Waals surface area contributed by atoms with Crippen LogP contribution in [0.15, 0.2) is 98.2 Å². The molecule has 2 aliphatic carbocycles. The zero-order valence-corrected chi connectivity index (χ0v) is 31.0. The van der Waals surface area contributed by atoms with Crippen LogP contribution in [0.25, 0.3) is 22.9 Å². The summed E-state index contributed by atoms with van der Waals surface area (Å²) in [6.45, 7) is 11.6. The molecule has 3 aromatic rings. The molecule has 0 radical (unpaired) electrons. The minimum atomic E-state index is -1.01. The van der Waals surface area contributed by atoms with Crippen molar-refractivity contribution in [1.29, 1.82) is 0 Å². The first-order chi connectivity index (χ1) is 25.3. The minimum absolute atomic E-state index is 0.342. The molecule has 10 heteroatoms. The van der Waals surface area contributed by atoms with Crippen LogP contribution in [0.2, 0.25) is 0 Å². The van der Waals surface area contributed by atoms with Gasteiger partial charge >= 0.3 is 5.97 Å². The molecule has 0 bridgehead atoms. The van der Waals surface area contributed by atoms with Crippen LogP contribution in [0.1, 0.15) is 88.6 Å². The van der Waals surface area contributed by atoms with Crippen LogP contribution in [0, 0.1) is 5.92 Å². The van der Waals surface area contributed by atoms with E-state index in [0.29, 0.717) is 29.3 Å². The number of aromatic nitrogens is 4. The van der Waals surface area contributed by atoms with E-state index in [1.807, 2.05) is 38.1 Å². The molecule has 52 heavy (non-hydrogen) atoms. The van der Waals surface area contributed by atoms with E-state index in [9.17, 15) is 9.59 Å². The second-order valence-corrected chi connectivity index (χ2v) is 12.3. The first kappa shape index (κ1) is 43.1. The molecule has 2 fully saturated rings. The number of nitrogens with zero attached hydrogens (tertiary/aromatic N) is 4. The number of allylic oxidation sites excluding steroid dienone is 6. The van der Waals surface area contributed by atoms with Crippen LogP contribution in [0.3, 0.4) is 0 Å². The average Bonchev–Trinajstić information content (AvgIpc) is 3.19. The Bertz CT molecular complexity index is 1640. The number of hydrogen-bond donors (Lipinski definition) is 4. The molecule has 0 amide bonds. The smallest absolute Gasteiger partial charge is 0.328 e. The fourth-order valence-electron chi connectivity index (χ4n) is 5.98. The maximum atomic E-state index is 10.6. The Labute approximate surface area is 309 Å². The summed E-state index contributed by atoms with van der Waals surface area (Å²) in [4.78, 5) is 39.0. The molecule has 10 nitrogen and oxygen atoms in total. The lowest BCUT2D eigenvalue weighted by molar-refractivity contribution is -0.131. The van der Waals surface area contributed by atoms with Crippen LogP contribution in [0.5, 0.6) is 0 Å². The molecule has 0 atom stereocenters. The Morgan fingerprint density at radius 2 is 1.67 bits per heavy atom. The Morgan fingerprint density at radius 1 is 0.962 bits per heavy atom. The van der Waals surface area contributed by atoms with Gasteiger partial charge in [0.2, 0.25) is 0 Å². The predicted octanol–water partition coefficient (Wildman–Crippen LogP) is 8.04. The quantitative estimate of drug-likeness (QED) is 0.0822. The Balaban J connectivity index is 0.000000329. The highest BCUT2D eigenvalue weighted by atomic mass is 16.4. The van der Waals surface area contributed by atoms with Gasteiger partial charge in [-0.05, 0) is 86.3 Å². The van der Waals surface area contributed by atoms with Gasteiger partial charge in [-0.15, -0.1) is 0 Å². The number of carboxylic acids is 1. The number of benzene rings is 1. The van der Waals surface area contributed by atoms with E-state index in [-0.39, 0.29) is 0 Å². The zero-order valence-electron chi connectivity index (χ0n) is 31.0. The van der Waals surface area contributed by atoms with Crippen molar-refractivity contribution in [3.63, 3.8) is 0 Å². The number of aliphatic hydroxyl groups excluding tert-OH is 1. The lowest BCUT2D eigenvalue weighted by Gasteiger charge is -2.25. The highest BCUT2D eigenvalue weighted by Gasteiger charge is 2.19. The molecule has 1 aromatic carbocycles. The SMILES string of the molecule is C=C/C(=C\C(=C)/C=C/C(=O)O)c1cncc(CC2CCC(N)CC2)n1.CC.CO.O=C/C=C/c1cccc(-c2cncc(NC3CCCCC3)n2)c1. The molecule has 5 N–H and O–H groups in total. The minimum Gasteiger partial charge on any atom is -0.478 e. The maximum Gasteiger partial charge on any atom is 0.328 e. The summed E-state index contributed by atoms with van der Waals surface area (Å²) in [6, 6.07) is 8.79. The summed E-state index contributed by atoms with van der Waals surface area (Å²) in [5.41, 5.74) is 11.8. The molecule has 278 valence electrons. The van der Waals surface area contributed by atoms with Gasteiger partial charge in [-0.3, -0.25) is 14.8 Å². The highest BCUT2D eigenvalue weighted by molar-refractivity contribution is 5.81. The number of carbonyl (C=O) groups excluding carboxylic acids is 1. The van der Waals surface area contributed by atoms with Crippen molar-refractivity contribution in [2.24, 2.45) is 11.7 Å². The lowest BCUT2D eigenvalue weighted by Crippen LogP contribution is -2.27. The molecular weight excluding hydrogens is 652 g/mol. The number of rotatable bonds is 12. The molecule has 0 spiro atoms. The van der Waals surface area contributed by atoms with E-state index >= 15 is 0 Å². The molecule has 5 rings (SSSR count). The fourth-order valence-corrected chi connectivity index (χ4v) is 5.98. The number of aliphatic carboxylic acids is 1. The number of aliphatic hydroxyl groups is 1. The van der Waals surface area contributed by atoms with Crippen molar-refractivity contribution < 1.29 is 19.8 Å². The normalized spacial score (nSPS) is 17.4. The average molecular weight is 709 g/mol. The Morgan fingerprint density at radius 3 is 2.35 bits per heavy atom. The van der Waals surface area contributed by atoms with E-state index in [2.05, 4.69) is 28.4 Å². The van der Waals surface area contributed by atoms with Crippen molar-refractivity contribution in [2.45, 2.75) is 90.1 Å². The maximum absolute atomic E-state index is 10.6. The van der Waals surface area contributed by atoms with Crippen LogP contribution in [-0.2, 0) is 16.0 Å². The third kappa shape index (κ3) is 15.9. The number of nitrogens with two attached hydrogens (primary N) is 1. The van der Waals surface area contributed by atoms with Gasteiger partial charge < -0.3 is 21.3 Å². The standard InChI is InChI=1S/C20H25N3O2.C19H21N3O.C2H6.CH4O/c1-3-16(10-14(2)4-9-20(24)25)19-13-22-12-18(23-19)11-15-5-7-17(21)8-6-15;23-11-5-7-15-6-4-8-16(12-15)18-13-20-14-19(22-18)21-17-9-2-1-3-10-17;2*1-2/h3-4,9-10,12-13,15,17H,1-2,5-8,11,21H2,(H,24,25);4-8,11-14,17H,1-3,9-10H2,(H,21,22);1-2H3;2H,1H3/b9-4+,16-10+;7-5+;;. The van der Waals surface area contributed by atoms with Gasteiger partial charge in [-0.2, -0.15) is 0 Å². The number of anilines is 1. The predicted molar refractivity (Wildman–Crippen MR) is 212 cm³/mol. The number of carboxylic acid groups (broad SMARTS) is 1. The number of hydrogen-bond acceptors (Lipinski definition) is 9. The third-order valence-corrected chi connectivity index (χ3v) is 8.51. The van der Waals surface area contributed by atoms with E-state index in [1.165, 1.54) is 44.3 Å². The molecule has 0 saturated heterocycles. The van der Waals surface area contributed by atoms with Crippen molar-refractivity contribution in [2.75, 3.05) is 12.4 Å². The summed E-state index contributed by atoms with van der Waals surface area (Å²) in [5.74, 6) is 0.431. The topological polar surface area (TPSA) is 164 Å². The van der Waals surface area contributed by atoms with Crippen molar-refractivity contribution in [3.8, 4) is 11.3 Å².